The van der Waals surface area contributed by atoms with Crippen molar-refractivity contribution in [2.75, 3.05) is 11.9 Å². The van der Waals surface area contributed by atoms with E-state index in [0.29, 0.717) is 36.4 Å². The molecule has 0 radical (unpaired) electrons. The van der Waals surface area contributed by atoms with Gasteiger partial charge in [0, 0.05) is 28.8 Å². The van der Waals surface area contributed by atoms with E-state index in [1.54, 1.807) is 17.4 Å². The molecule has 28 heavy (non-hydrogen) atoms. The van der Waals surface area contributed by atoms with E-state index < -0.39 is 6.09 Å². The highest BCUT2D eigenvalue weighted by Crippen LogP contribution is 2.38. The maximum absolute atomic E-state index is 12.2. The van der Waals surface area contributed by atoms with Gasteiger partial charge >= 0.3 is 6.09 Å². The van der Waals surface area contributed by atoms with Crippen molar-refractivity contribution in [2.24, 2.45) is 0 Å². The number of rotatable bonds is 6. The lowest BCUT2D eigenvalue weighted by molar-refractivity contribution is -0.111. The average molecular weight is 416 g/mol. The zero-order chi connectivity index (χ0) is 19.9. The Kier molecular flexibility index (Phi) is 6.85. The standard InChI is InChI=1S/C20H21N3O3S2/c1-2-9-22-20(25)26-13-5-7-15-16(12-21)19(28-17(15)11-13)23-18(24)8-6-14-4-3-10-27-14/h3-4,6,8,10,13H,2,5,7,9,11H2,1H3,(H,22,25)(H,23,24). The number of hydrogen-bond donors (Lipinski definition) is 2. The number of ether oxygens (including phenoxy) is 1. The second kappa shape index (κ2) is 9.53. The third-order valence-corrected chi connectivity index (χ3v) is 6.31. The molecular weight excluding hydrogens is 394 g/mol. The van der Waals surface area contributed by atoms with Gasteiger partial charge in [-0.1, -0.05) is 13.0 Å². The third-order valence-electron chi connectivity index (χ3n) is 4.30. The van der Waals surface area contributed by atoms with E-state index >= 15 is 0 Å². The van der Waals surface area contributed by atoms with E-state index in [0.717, 1.165) is 21.7 Å². The molecule has 146 valence electrons. The van der Waals surface area contributed by atoms with Gasteiger partial charge in [0.05, 0.1) is 5.56 Å². The van der Waals surface area contributed by atoms with E-state index in [9.17, 15) is 14.9 Å². The molecule has 1 aliphatic rings. The van der Waals surface area contributed by atoms with Crippen LogP contribution >= 0.6 is 22.7 Å². The van der Waals surface area contributed by atoms with Gasteiger partial charge in [-0.3, -0.25) is 4.79 Å². The van der Waals surface area contributed by atoms with Gasteiger partial charge in [0.1, 0.15) is 17.2 Å². The van der Waals surface area contributed by atoms with E-state index in [1.165, 1.54) is 17.4 Å². The SMILES string of the molecule is CCCNC(=O)OC1CCc2c(sc(NC(=O)C=Cc3cccs3)c2C#N)C1. The average Bonchev–Trinajstić information content (AvgIpc) is 3.31. The number of nitriles is 1. The fraction of sp³-hybridized carbons (Fsp3) is 0.350. The van der Waals surface area contributed by atoms with Crippen LogP contribution in [-0.4, -0.2) is 24.6 Å². The van der Waals surface area contributed by atoms with E-state index in [-0.39, 0.29) is 12.0 Å². The molecule has 2 heterocycles. The Morgan fingerprint density at radius 1 is 1.46 bits per heavy atom. The molecule has 3 rings (SSSR count). The largest absolute Gasteiger partial charge is 0.446 e. The Morgan fingerprint density at radius 3 is 3.04 bits per heavy atom. The Morgan fingerprint density at radius 2 is 2.32 bits per heavy atom. The highest BCUT2D eigenvalue weighted by molar-refractivity contribution is 7.16. The molecule has 0 spiro atoms. The highest BCUT2D eigenvalue weighted by atomic mass is 32.1. The van der Waals surface area contributed by atoms with Gasteiger partial charge in [0.2, 0.25) is 5.91 Å². The van der Waals surface area contributed by atoms with Crippen LogP contribution in [0, 0.1) is 11.3 Å². The smallest absolute Gasteiger partial charge is 0.407 e. The zero-order valence-electron chi connectivity index (χ0n) is 15.5. The van der Waals surface area contributed by atoms with Crippen LogP contribution in [-0.2, 0) is 22.4 Å². The van der Waals surface area contributed by atoms with Crippen LogP contribution in [0.3, 0.4) is 0 Å². The van der Waals surface area contributed by atoms with Crippen molar-refractivity contribution in [3.63, 3.8) is 0 Å². The van der Waals surface area contributed by atoms with Crippen molar-refractivity contribution >= 4 is 45.8 Å². The van der Waals surface area contributed by atoms with Gasteiger partial charge in [-0.2, -0.15) is 5.26 Å². The Labute approximate surface area is 171 Å². The Bertz CT molecular complexity index is 910. The zero-order valence-corrected chi connectivity index (χ0v) is 17.1. The lowest BCUT2D eigenvalue weighted by atomic mass is 9.94. The molecule has 2 aromatic heterocycles. The second-order valence-corrected chi connectivity index (χ2v) is 8.44. The summed E-state index contributed by atoms with van der Waals surface area (Å²) in [5.41, 5.74) is 1.48. The predicted molar refractivity (Wildman–Crippen MR) is 112 cm³/mol. The van der Waals surface area contributed by atoms with Crippen LogP contribution < -0.4 is 10.6 Å². The van der Waals surface area contributed by atoms with Crippen LogP contribution in [0.2, 0.25) is 0 Å². The molecule has 0 aliphatic heterocycles. The minimum absolute atomic E-state index is 0.211. The quantitative estimate of drug-likeness (QED) is 0.687. The maximum Gasteiger partial charge on any atom is 0.407 e. The van der Waals surface area contributed by atoms with Crippen LogP contribution in [0.15, 0.2) is 23.6 Å². The van der Waals surface area contributed by atoms with Gasteiger partial charge in [0.15, 0.2) is 0 Å². The number of fused-ring (bicyclic) bond motifs is 1. The van der Waals surface area contributed by atoms with Crippen molar-refractivity contribution < 1.29 is 14.3 Å². The molecule has 0 fully saturated rings. The number of hydrogen-bond acceptors (Lipinski definition) is 6. The first-order chi connectivity index (χ1) is 13.6. The van der Waals surface area contributed by atoms with E-state index in [1.807, 2.05) is 24.4 Å². The molecular formula is C20H21N3O3S2. The number of nitrogens with zero attached hydrogens (tertiary/aromatic N) is 1. The van der Waals surface area contributed by atoms with E-state index in [2.05, 4.69) is 16.7 Å². The molecule has 0 saturated heterocycles. The number of amides is 2. The summed E-state index contributed by atoms with van der Waals surface area (Å²) in [5.74, 6) is -0.268. The molecule has 2 N–H and O–H groups in total. The summed E-state index contributed by atoms with van der Waals surface area (Å²) in [6.07, 6.45) is 5.34. The van der Waals surface area contributed by atoms with Gasteiger partial charge in [-0.15, -0.1) is 22.7 Å². The number of carbonyl (C=O) groups excluding carboxylic acids is 2. The normalized spacial score (nSPS) is 15.6. The van der Waals surface area contributed by atoms with Crippen LogP contribution in [0.25, 0.3) is 6.08 Å². The first-order valence-electron chi connectivity index (χ1n) is 9.12. The van der Waals surface area contributed by atoms with Crippen LogP contribution in [0.4, 0.5) is 9.80 Å². The second-order valence-electron chi connectivity index (χ2n) is 6.35. The predicted octanol–water partition coefficient (Wildman–Crippen LogP) is 4.33. The van der Waals surface area contributed by atoms with Crippen molar-refractivity contribution in [2.45, 2.75) is 38.7 Å². The molecule has 1 atom stereocenters. The van der Waals surface area contributed by atoms with Crippen molar-refractivity contribution in [3.8, 4) is 6.07 Å². The van der Waals surface area contributed by atoms with Crippen molar-refractivity contribution in [1.82, 2.24) is 5.32 Å². The summed E-state index contributed by atoms with van der Waals surface area (Å²) in [5, 5.41) is 17.6. The summed E-state index contributed by atoms with van der Waals surface area (Å²) in [7, 11) is 0. The molecule has 2 aromatic rings. The topological polar surface area (TPSA) is 91.2 Å². The number of carbonyl (C=O) groups is 2. The van der Waals surface area contributed by atoms with E-state index in [4.69, 9.17) is 4.74 Å². The molecule has 1 aliphatic carbocycles. The van der Waals surface area contributed by atoms with Crippen LogP contribution in [0.5, 0.6) is 0 Å². The number of anilines is 1. The van der Waals surface area contributed by atoms with Gasteiger partial charge in [-0.25, -0.2) is 4.79 Å². The summed E-state index contributed by atoms with van der Waals surface area (Å²) >= 11 is 2.94. The Hall–Kier alpha value is -2.63. The molecule has 6 nitrogen and oxygen atoms in total. The molecule has 8 heteroatoms. The molecule has 2 amide bonds. The maximum atomic E-state index is 12.2. The van der Waals surface area contributed by atoms with Crippen LogP contribution in [0.1, 0.15) is 40.6 Å². The summed E-state index contributed by atoms with van der Waals surface area (Å²) in [4.78, 5) is 26.0. The van der Waals surface area contributed by atoms with Crippen molar-refractivity contribution in [1.29, 1.82) is 5.26 Å². The minimum Gasteiger partial charge on any atom is -0.446 e. The fourth-order valence-electron chi connectivity index (χ4n) is 2.98. The fourth-order valence-corrected chi connectivity index (χ4v) is 4.86. The number of thiophene rings is 2. The monoisotopic (exact) mass is 415 g/mol. The van der Waals surface area contributed by atoms with Gasteiger partial charge in [0.25, 0.3) is 0 Å². The minimum atomic E-state index is -0.403. The first kappa shape index (κ1) is 20.1. The lowest BCUT2D eigenvalue weighted by Crippen LogP contribution is -2.32. The molecule has 1 unspecified atom stereocenters. The molecule has 0 aromatic carbocycles. The Balaban J connectivity index is 1.66. The van der Waals surface area contributed by atoms with Gasteiger partial charge < -0.3 is 15.4 Å². The number of nitrogens with one attached hydrogen (secondary N) is 2. The summed E-state index contributed by atoms with van der Waals surface area (Å²) < 4.78 is 5.47. The third kappa shape index (κ3) is 5.00. The first-order valence-corrected chi connectivity index (χ1v) is 10.8. The summed E-state index contributed by atoms with van der Waals surface area (Å²) in [6, 6.07) is 6.06. The molecule has 0 saturated carbocycles. The van der Waals surface area contributed by atoms with Gasteiger partial charge in [-0.05, 0) is 42.3 Å². The summed E-state index contributed by atoms with van der Waals surface area (Å²) in [6.45, 7) is 2.57. The number of alkyl carbamates (subject to hydrolysis) is 1. The molecule has 0 bridgehead atoms. The lowest BCUT2D eigenvalue weighted by Gasteiger charge is -2.22. The highest BCUT2D eigenvalue weighted by Gasteiger charge is 2.28. The van der Waals surface area contributed by atoms with Crippen molar-refractivity contribution in [3.05, 3.63) is 44.5 Å².